The van der Waals surface area contributed by atoms with Crippen LogP contribution in [0.1, 0.15) is 30.9 Å². The number of urea groups is 1. The fourth-order valence-corrected chi connectivity index (χ4v) is 2.79. The molecule has 0 aromatic heterocycles. The van der Waals surface area contributed by atoms with Crippen molar-refractivity contribution in [3.8, 4) is 5.75 Å². The van der Waals surface area contributed by atoms with Crippen LogP contribution in [0.3, 0.4) is 0 Å². The zero-order valence-corrected chi connectivity index (χ0v) is 15.8. The molecule has 1 aromatic rings. The molecule has 0 radical (unpaired) electrons. The van der Waals surface area contributed by atoms with E-state index >= 15 is 0 Å². The highest BCUT2D eigenvalue weighted by atomic mass is 16.6. The van der Waals surface area contributed by atoms with Gasteiger partial charge in [-0.1, -0.05) is 6.07 Å². The average Bonchev–Trinajstić information content (AvgIpc) is 2.62. The van der Waals surface area contributed by atoms with Crippen molar-refractivity contribution in [2.75, 3.05) is 32.8 Å². The normalized spacial score (nSPS) is 14.7. The Balaban J connectivity index is 1.60. The van der Waals surface area contributed by atoms with Gasteiger partial charge in [0.2, 0.25) is 0 Å². The number of aryl methyl sites for hydroxylation is 2. The van der Waals surface area contributed by atoms with Crippen molar-refractivity contribution in [1.29, 1.82) is 0 Å². The molecule has 0 atom stereocenters. The fourth-order valence-electron chi connectivity index (χ4n) is 2.79. The number of nitrogens with one attached hydrogen (secondary N) is 2. The van der Waals surface area contributed by atoms with Crippen LogP contribution in [0, 0.1) is 13.8 Å². The largest absolute Gasteiger partial charge is 0.492 e. The van der Waals surface area contributed by atoms with Crippen molar-refractivity contribution in [2.24, 2.45) is 0 Å². The third-order valence-electron chi connectivity index (χ3n) is 4.49. The second-order valence-corrected chi connectivity index (χ2v) is 6.46. The van der Waals surface area contributed by atoms with Gasteiger partial charge < -0.3 is 25.0 Å². The molecule has 0 unspecified atom stereocenters. The number of benzene rings is 1. The van der Waals surface area contributed by atoms with Crippen molar-refractivity contribution in [1.82, 2.24) is 15.5 Å². The Kier molecular flexibility index (Phi) is 7.56. The Labute approximate surface area is 155 Å². The summed E-state index contributed by atoms with van der Waals surface area (Å²) in [6.45, 7) is 8.31. The lowest BCUT2D eigenvalue weighted by Gasteiger charge is -2.31. The minimum atomic E-state index is -0.279. The Morgan fingerprint density at radius 1 is 1.19 bits per heavy atom. The van der Waals surface area contributed by atoms with Crippen LogP contribution in [0.4, 0.5) is 9.59 Å². The summed E-state index contributed by atoms with van der Waals surface area (Å²) in [6, 6.07) is 5.81. The maximum Gasteiger partial charge on any atom is 0.409 e. The maximum atomic E-state index is 12.0. The third kappa shape index (κ3) is 6.13. The summed E-state index contributed by atoms with van der Waals surface area (Å²) >= 11 is 0. The molecule has 1 aliphatic rings. The predicted molar refractivity (Wildman–Crippen MR) is 99.6 cm³/mol. The highest BCUT2D eigenvalue weighted by molar-refractivity contribution is 5.74. The summed E-state index contributed by atoms with van der Waals surface area (Å²) in [4.78, 5) is 25.3. The molecule has 2 N–H and O–H groups in total. The van der Waals surface area contributed by atoms with Gasteiger partial charge in [0, 0.05) is 19.1 Å². The molecule has 0 saturated carbocycles. The van der Waals surface area contributed by atoms with Crippen molar-refractivity contribution >= 4 is 12.1 Å². The Bertz CT molecular complexity index is 613. The fraction of sp³-hybridized carbons (Fsp3) is 0.579. The van der Waals surface area contributed by atoms with Crippen LogP contribution in [-0.2, 0) is 4.74 Å². The van der Waals surface area contributed by atoms with Crippen LogP contribution in [-0.4, -0.2) is 55.9 Å². The van der Waals surface area contributed by atoms with Gasteiger partial charge in [0.05, 0.1) is 13.2 Å². The van der Waals surface area contributed by atoms with Gasteiger partial charge in [-0.2, -0.15) is 0 Å². The summed E-state index contributed by atoms with van der Waals surface area (Å²) in [5.74, 6) is 0.807. The molecule has 2 rings (SSSR count). The summed E-state index contributed by atoms with van der Waals surface area (Å²) in [5.41, 5.74) is 2.41. The Morgan fingerprint density at radius 3 is 2.58 bits per heavy atom. The molecule has 1 heterocycles. The van der Waals surface area contributed by atoms with Crippen LogP contribution < -0.4 is 15.4 Å². The zero-order chi connectivity index (χ0) is 18.9. The van der Waals surface area contributed by atoms with E-state index in [0.717, 1.165) is 18.6 Å². The second-order valence-electron chi connectivity index (χ2n) is 6.46. The van der Waals surface area contributed by atoms with E-state index in [0.29, 0.717) is 32.8 Å². The van der Waals surface area contributed by atoms with E-state index in [1.807, 2.05) is 25.1 Å². The molecule has 0 spiro atoms. The van der Waals surface area contributed by atoms with Gasteiger partial charge in [0.15, 0.2) is 0 Å². The number of hydrogen-bond acceptors (Lipinski definition) is 4. The molecule has 0 bridgehead atoms. The minimum Gasteiger partial charge on any atom is -0.492 e. The molecule has 1 aromatic carbocycles. The highest BCUT2D eigenvalue weighted by Gasteiger charge is 2.24. The van der Waals surface area contributed by atoms with E-state index in [9.17, 15) is 9.59 Å². The molecular weight excluding hydrogens is 334 g/mol. The van der Waals surface area contributed by atoms with Gasteiger partial charge >= 0.3 is 12.1 Å². The van der Waals surface area contributed by atoms with Gasteiger partial charge in [-0.15, -0.1) is 0 Å². The third-order valence-corrected chi connectivity index (χ3v) is 4.49. The number of carbonyl (C=O) groups is 2. The Hall–Kier alpha value is -2.44. The standard InChI is InChI=1S/C19H29N3O4/c1-4-25-19(24)22-10-7-16(8-11-22)21-18(23)20-9-12-26-17-6-5-14(2)15(3)13-17/h5-6,13,16H,4,7-12H2,1-3H3,(H2,20,21,23). The van der Waals surface area contributed by atoms with Crippen LogP contribution in [0.25, 0.3) is 0 Å². The monoisotopic (exact) mass is 363 g/mol. The van der Waals surface area contributed by atoms with Gasteiger partial charge in [-0.05, 0) is 56.9 Å². The molecule has 1 aliphatic heterocycles. The van der Waals surface area contributed by atoms with Crippen molar-refractivity contribution in [3.63, 3.8) is 0 Å². The molecule has 26 heavy (non-hydrogen) atoms. The number of carbonyl (C=O) groups excluding carboxylic acids is 2. The maximum absolute atomic E-state index is 12.0. The van der Waals surface area contributed by atoms with Crippen molar-refractivity contribution in [3.05, 3.63) is 29.3 Å². The summed E-state index contributed by atoms with van der Waals surface area (Å²) in [6.07, 6.45) is 1.18. The molecule has 7 nitrogen and oxygen atoms in total. The van der Waals surface area contributed by atoms with Crippen molar-refractivity contribution < 1.29 is 19.1 Å². The van der Waals surface area contributed by atoms with Crippen molar-refractivity contribution in [2.45, 2.75) is 39.7 Å². The first-order valence-electron chi connectivity index (χ1n) is 9.15. The van der Waals surface area contributed by atoms with Gasteiger partial charge in [-0.3, -0.25) is 0 Å². The average molecular weight is 363 g/mol. The highest BCUT2D eigenvalue weighted by Crippen LogP contribution is 2.16. The first-order valence-corrected chi connectivity index (χ1v) is 9.15. The molecule has 3 amide bonds. The number of amides is 3. The lowest BCUT2D eigenvalue weighted by molar-refractivity contribution is 0.0957. The SMILES string of the molecule is CCOC(=O)N1CCC(NC(=O)NCCOc2ccc(C)c(C)c2)CC1. The van der Waals surface area contributed by atoms with E-state index in [-0.39, 0.29) is 18.2 Å². The smallest absolute Gasteiger partial charge is 0.409 e. The minimum absolute atomic E-state index is 0.0707. The van der Waals surface area contributed by atoms with E-state index in [1.54, 1.807) is 11.8 Å². The van der Waals surface area contributed by atoms with Crippen LogP contribution in [0.2, 0.25) is 0 Å². The summed E-state index contributed by atoms with van der Waals surface area (Å²) < 4.78 is 10.6. The number of likely N-dealkylation sites (tertiary alicyclic amines) is 1. The molecular formula is C19H29N3O4. The number of piperidine rings is 1. The number of ether oxygens (including phenoxy) is 2. The lowest BCUT2D eigenvalue weighted by Crippen LogP contribution is -2.49. The van der Waals surface area contributed by atoms with Gasteiger partial charge in [0.25, 0.3) is 0 Å². The predicted octanol–water partition coefficient (Wildman–Crippen LogP) is 2.60. The Morgan fingerprint density at radius 2 is 1.92 bits per heavy atom. The number of hydrogen-bond donors (Lipinski definition) is 2. The van der Waals surface area contributed by atoms with Crippen LogP contribution >= 0.6 is 0 Å². The molecule has 1 fully saturated rings. The van der Waals surface area contributed by atoms with Gasteiger partial charge in [-0.25, -0.2) is 9.59 Å². The molecule has 144 valence electrons. The molecule has 1 saturated heterocycles. The second kappa shape index (κ2) is 9.89. The van der Waals surface area contributed by atoms with E-state index < -0.39 is 0 Å². The molecule has 0 aliphatic carbocycles. The van der Waals surface area contributed by atoms with E-state index in [1.165, 1.54) is 11.1 Å². The van der Waals surface area contributed by atoms with Crippen LogP contribution in [0.5, 0.6) is 5.75 Å². The van der Waals surface area contributed by atoms with E-state index in [2.05, 4.69) is 17.6 Å². The first kappa shape index (κ1) is 19.9. The number of rotatable bonds is 6. The number of nitrogens with zero attached hydrogens (tertiary/aromatic N) is 1. The lowest BCUT2D eigenvalue weighted by atomic mass is 10.1. The molecule has 7 heteroatoms. The first-order chi connectivity index (χ1) is 12.5. The summed E-state index contributed by atoms with van der Waals surface area (Å²) in [7, 11) is 0. The zero-order valence-electron chi connectivity index (χ0n) is 15.8. The quantitative estimate of drug-likeness (QED) is 0.762. The van der Waals surface area contributed by atoms with Gasteiger partial charge in [0.1, 0.15) is 12.4 Å². The van der Waals surface area contributed by atoms with Crippen LogP contribution in [0.15, 0.2) is 18.2 Å². The van der Waals surface area contributed by atoms with E-state index in [4.69, 9.17) is 9.47 Å². The summed E-state index contributed by atoms with van der Waals surface area (Å²) in [5, 5.41) is 5.74. The topological polar surface area (TPSA) is 79.9 Å².